The Kier molecular flexibility index (Phi) is 5.89. The van der Waals surface area contributed by atoms with Crippen LogP contribution in [0.25, 0.3) is 11.4 Å². The molecular formula is C18H17Cl2N3OS. The van der Waals surface area contributed by atoms with Crippen LogP contribution >= 0.6 is 35.0 Å². The predicted molar refractivity (Wildman–Crippen MR) is 104 cm³/mol. The molecule has 1 heterocycles. The van der Waals surface area contributed by atoms with Crippen molar-refractivity contribution in [1.29, 1.82) is 0 Å². The molecule has 1 aromatic heterocycles. The first-order chi connectivity index (χ1) is 12.1. The molecular weight excluding hydrogens is 377 g/mol. The van der Waals surface area contributed by atoms with Crippen LogP contribution in [0.1, 0.15) is 12.5 Å². The zero-order valence-electron chi connectivity index (χ0n) is 13.9. The molecule has 130 valence electrons. The summed E-state index contributed by atoms with van der Waals surface area (Å²) in [6.45, 7) is 2.86. The van der Waals surface area contributed by atoms with Crippen LogP contribution in [0.2, 0.25) is 10.0 Å². The fourth-order valence-electron chi connectivity index (χ4n) is 2.43. The van der Waals surface area contributed by atoms with Gasteiger partial charge in [-0.2, -0.15) is 0 Å². The summed E-state index contributed by atoms with van der Waals surface area (Å²) in [5.41, 5.74) is 2.07. The normalized spacial score (nSPS) is 10.9. The van der Waals surface area contributed by atoms with Gasteiger partial charge >= 0.3 is 0 Å². The van der Waals surface area contributed by atoms with E-state index >= 15 is 0 Å². The van der Waals surface area contributed by atoms with Crippen LogP contribution in [-0.4, -0.2) is 21.9 Å². The van der Waals surface area contributed by atoms with Crippen LogP contribution < -0.4 is 4.74 Å². The van der Waals surface area contributed by atoms with E-state index in [1.807, 2.05) is 42.5 Å². The lowest BCUT2D eigenvalue weighted by Gasteiger charge is -2.08. The third-order valence-electron chi connectivity index (χ3n) is 3.71. The largest absolute Gasteiger partial charge is 0.497 e. The third kappa shape index (κ3) is 4.11. The average Bonchev–Trinajstić information content (AvgIpc) is 3.05. The van der Waals surface area contributed by atoms with E-state index in [9.17, 15) is 0 Å². The molecule has 0 aliphatic rings. The predicted octanol–water partition coefficient (Wildman–Crippen LogP) is 5.57. The quantitative estimate of drug-likeness (QED) is 0.513. The van der Waals surface area contributed by atoms with Gasteiger partial charge in [-0.15, -0.1) is 10.2 Å². The first-order valence-electron chi connectivity index (χ1n) is 7.76. The van der Waals surface area contributed by atoms with Crippen molar-refractivity contribution in [3.05, 3.63) is 58.1 Å². The summed E-state index contributed by atoms with van der Waals surface area (Å²) >= 11 is 13.7. The number of aromatic nitrogens is 3. The maximum absolute atomic E-state index is 6.08. The molecule has 0 fully saturated rings. The number of hydrogen-bond donors (Lipinski definition) is 0. The Labute approximate surface area is 161 Å². The van der Waals surface area contributed by atoms with Crippen LogP contribution in [0.15, 0.2) is 47.6 Å². The van der Waals surface area contributed by atoms with E-state index in [1.165, 1.54) is 0 Å². The summed E-state index contributed by atoms with van der Waals surface area (Å²) in [6.07, 6.45) is 0. The number of methoxy groups -OCH3 is 1. The Hall–Kier alpha value is -1.69. The highest BCUT2D eigenvalue weighted by Gasteiger charge is 2.14. The highest BCUT2D eigenvalue weighted by molar-refractivity contribution is 7.98. The number of ether oxygens (including phenoxy) is 1. The molecule has 7 heteroatoms. The van der Waals surface area contributed by atoms with Crippen molar-refractivity contribution in [3.63, 3.8) is 0 Å². The second kappa shape index (κ2) is 8.13. The number of nitrogens with zero attached hydrogens (tertiary/aromatic N) is 3. The summed E-state index contributed by atoms with van der Waals surface area (Å²) in [5, 5.41) is 10.7. The van der Waals surface area contributed by atoms with Gasteiger partial charge in [-0.1, -0.05) is 53.2 Å². The molecule has 2 aromatic carbocycles. The van der Waals surface area contributed by atoms with Gasteiger partial charge in [-0.3, -0.25) is 0 Å². The maximum Gasteiger partial charge on any atom is 0.191 e. The Balaban J connectivity index is 1.83. The summed E-state index contributed by atoms with van der Waals surface area (Å²) in [7, 11) is 1.65. The molecule has 0 aliphatic carbocycles. The summed E-state index contributed by atoms with van der Waals surface area (Å²) < 4.78 is 7.39. The zero-order valence-corrected chi connectivity index (χ0v) is 16.2. The zero-order chi connectivity index (χ0) is 17.8. The lowest BCUT2D eigenvalue weighted by atomic mass is 10.2. The monoisotopic (exact) mass is 393 g/mol. The van der Waals surface area contributed by atoms with Crippen molar-refractivity contribution in [2.24, 2.45) is 0 Å². The molecule has 0 unspecified atom stereocenters. The van der Waals surface area contributed by atoms with Crippen molar-refractivity contribution in [3.8, 4) is 17.1 Å². The van der Waals surface area contributed by atoms with Gasteiger partial charge in [0.05, 0.1) is 17.2 Å². The summed E-state index contributed by atoms with van der Waals surface area (Å²) in [6, 6.07) is 13.5. The molecule has 3 rings (SSSR count). The Morgan fingerprint density at radius 2 is 1.92 bits per heavy atom. The lowest BCUT2D eigenvalue weighted by molar-refractivity contribution is 0.415. The molecule has 0 spiro atoms. The molecule has 0 amide bonds. The molecule has 0 saturated carbocycles. The second-order valence-corrected chi connectivity index (χ2v) is 7.08. The Morgan fingerprint density at radius 1 is 1.08 bits per heavy atom. The molecule has 0 N–H and O–H groups in total. The maximum atomic E-state index is 6.08. The number of rotatable bonds is 6. The van der Waals surface area contributed by atoms with Gasteiger partial charge in [0.15, 0.2) is 11.0 Å². The standard InChI is InChI=1S/C18H17Cl2N3OS/c1-3-23-17(13-5-4-6-14(10-13)24-2)21-22-18(23)25-11-12-7-8-15(19)16(20)9-12/h4-10H,3,11H2,1-2H3. The number of hydrogen-bond acceptors (Lipinski definition) is 4. The Bertz CT molecular complexity index is 883. The molecule has 0 atom stereocenters. The average molecular weight is 394 g/mol. The first kappa shape index (κ1) is 18.1. The van der Waals surface area contributed by atoms with E-state index in [2.05, 4.69) is 21.7 Å². The van der Waals surface area contributed by atoms with E-state index in [0.717, 1.165) is 40.2 Å². The van der Waals surface area contributed by atoms with Crippen LogP contribution in [0.3, 0.4) is 0 Å². The molecule has 0 saturated heterocycles. The van der Waals surface area contributed by atoms with Gasteiger partial charge in [0.2, 0.25) is 0 Å². The summed E-state index contributed by atoms with van der Waals surface area (Å²) in [4.78, 5) is 0. The highest BCUT2D eigenvalue weighted by atomic mass is 35.5. The van der Waals surface area contributed by atoms with Crippen molar-refractivity contribution in [2.45, 2.75) is 24.4 Å². The van der Waals surface area contributed by atoms with E-state index < -0.39 is 0 Å². The first-order valence-corrected chi connectivity index (χ1v) is 9.51. The van der Waals surface area contributed by atoms with Crippen LogP contribution in [0.4, 0.5) is 0 Å². The van der Waals surface area contributed by atoms with Crippen LogP contribution in [0, 0.1) is 0 Å². The van der Waals surface area contributed by atoms with Crippen molar-refractivity contribution >= 4 is 35.0 Å². The highest BCUT2D eigenvalue weighted by Crippen LogP contribution is 2.30. The minimum absolute atomic E-state index is 0.562. The van der Waals surface area contributed by atoms with Crippen LogP contribution in [0.5, 0.6) is 5.75 Å². The smallest absolute Gasteiger partial charge is 0.191 e. The van der Waals surface area contributed by atoms with Crippen molar-refractivity contribution in [2.75, 3.05) is 7.11 Å². The third-order valence-corrected chi connectivity index (χ3v) is 5.49. The van der Waals surface area contributed by atoms with E-state index in [-0.39, 0.29) is 0 Å². The fraction of sp³-hybridized carbons (Fsp3) is 0.222. The molecule has 25 heavy (non-hydrogen) atoms. The molecule has 4 nitrogen and oxygen atoms in total. The number of thioether (sulfide) groups is 1. The van der Waals surface area contributed by atoms with E-state index in [1.54, 1.807) is 18.9 Å². The Morgan fingerprint density at radius 3 is 2.64 bits per heavy atom. The van der Waals surface area contributed by atoms with Gasteiger partial charge < -0.3 is 9.30 Å². The van der Waals surface area contributed by atoms with Gasteiger partial charge in [0.25, 0.3) is 0 Å². The minimum atomic E-state index is 0.562. The van der Waals surface area contributed by atoms with Crippen molar-refractivity contribution < 1.29 is 4.74 Å². The lowest BCUT2D eigenvalue weighted by Crippen LogP contribution is -2.00. The molecule has 0 aliphatic heterocycles. The van der Waals surface area contributed by atoms with Gasteiger partial charge in [0.1, 0.15) is 5.75 Å². The number of benzene rings is 2. The molecule has 3 aromatic rings. The summed E-state index contributed by atoms with van der Waals surface area (Å²) in [5.74, 6) is 2.37. The molecule has 0 bridgehead atoms. The minimum Gasteiger partial charge on any atom is -0.497 e. The van der Waals surface area contributed by atoms with E-state index in [4.69, 9.17) is 27.9 Å². The topological polar surface area (TPSA) is 39.9 Å². The van der Waals surface area contributed by atoms with Gasteiger partial charge in [0, 0.05) is 17.9 Å². The SMILES string of the molecule is CCn1c(SCc2ccc(Cl)c(Cl)c2)nnc1-c1cccc(OC)c1. The fourth-order valence-corrected chi connectivity index (χ4v) is 3.70. The number of halogens is 2. The second-order valence-electron chi connectivity index (χ2n) is 5.32. The van der Waals surface area contributed by atoms with E-state index in [0.29, 0.717) is 10.0 Å². The van der Waals surface area contributed by atoms with Crippen molar-refractivity contribution in [1.82, 2.24) is 14.8 Å². The van der Waals surface area contributed by atoms with Gasteiger partial charge in [-0.25, -0.2) is 0 Å². The van der Waals surface area contributed by atoms with Gasteiger partial charge in [-0.05, 0) is 36.8 Å². The van der Waals surface area contributed by atoms with Crippen LogP contribution in [-0.2, 0) is 12.3 Å². The molecule has 0 radical (unpaired) electrons.